The molecule has 0 saturated carbocycles. The van der Waals surface area contributed by atoms with Gasteiger partial charge in [-0.1, -0.05) is 6.92 Å². The number of methoxy groups -OCH3 is 1. The van der Waals surface area contributed by atoms with Gasteiger partial charge in [-0.05, 0) is 12.5 Å². The number of H-pyrrole nitrogens is 1. The number of hydrogen-bond donors (Lipinski definition) is 3. The van der Waals surface area contributed by atoms with Gasteiger partial charge in [-0.3, -0.25) is 9.89 Å². The molecule has 3 N–H and O–H groups in total. The van der Waals surface area contributed by atoms with Crippen LogP contribution >= 0.6 is 12.4 Å². The first-order valence-electron chi connectivity index (χ1n) is 5.80. The standard InChI is InChI=1S/C11H20N4O2.ClH/c1-3-9-8-10(15-14-9)11(16)13-5-4-12-6-7-17-2;/h8,12H,3-7H2,1-2H3,(H,13,16)(H,14,15);1H. The average molecular weight is 277 g/mol. The summed E-state index contributed by atoms with van der Waals surface area (Å²) >= 11 is 0. The SMILES string of the molecule is CCc1cc(C(=O)NCCNCCOC)n[nH]1.Cl. The number of rotatable bonds is 8. The van der Waals surface area contributed by atoms with Crippen molar-refractivity contribution in [3.05, 3.63) is 17.5 Å². The minimum atomic E-state index is -0.144. The molecule has 0 aliphatic carbocycles. The Morgan fingerprint density at radius 3 is 2.83 bits per heavy atom. The molecule has 0 spiro atoms. The average Bonchev–Trinajstić information content (AvgIpc) is 2.82. The predicted octanol–water partition coefficient (Wildman–Crippen LogP) is 0.360. The summed E-state index contributed by atoms with van der Waals surface area (Å²) in [4.78, 5) is 11.6. The number of amides is 1. The summed E-state index contributed by atoms with van der Waals surface area (Å²) in [6, 6.07) is 1.77. The van der Waals surface area contributed by atoms with Crippen LogP contribution in [0.1, 0.15) is 23.1 Å². The van der Waals surface area contributed by atoms with Crippen molar-refractivity contribution in [3.63, 3.8) is 0 Å². The number of aromatic amines is 1. The van der Waals surface area contributed by atoms with Crippen LogP contribution in [0.4, 0.5) is 0 Å². The highest BCUT2D eigenvalue weighted by Gasteiger charge is 2.08. The van der Waals surface area contributed by atoms with Gasteiger partial charge in [-0.25, -0.2) is 0 Å². The molecule has 6 nitrogen and oxygen atoms in total. The molecule has 1 rings (SSSR count). The van der Waals surface area contributed by atoms with Crippen LogP contribution in [0.25, 0.3) is 0 Å². The highest BCUT2D eigenvalue weighted by Crippen LogP contribution is 1.99. The summed E-state index contributed by atoms with van der Waals surface area (Å²) in [5.41, 5.74) is 1.41. The van der Waals surface area contributed by atoms with E-state index < -0.39 is 0 Å². The molecule has 0 fully saturated rings. The largest absolute Gasteiger partial charge is 0.383 e. The second-order valence-corrected chi connectivity index (χ2v) is 3.63. The maximum Gasteiger partial charge on any atom is 0.271 e. The van der Waals surface area contributed by atoms with Crippen molar-refractivity contribution in [2.45, 2.75) is 13.3 Å². The zero-order valence-corrected chi connectivity index (χ0v) is 11.6. The van der Waals surface area contributed by atoms with E-state index in [1.807, 2.05) is 6.92 Å². The number of carbonyl (C=O) groups is 1. The lowest BCUT2D eigenvalue weighted by Crippen LogP contribution is -2.33. The Morgan fingerprint density at radius 2 is 2.22 bits per heavy atom. The predicted molar refractivity (Wildman–Crippen MR) is 72.3 cm³/mol. The lowest BCUT2D eigenvalue weighted by atomic mass is 10.3. The van der Waals surface area contributed by atoms with Gasteiger partial charge < -0.3 is 15.4 Å². The number of nitrogens with one attached hydrogen (secondary N) is 3. The summed E-state index contributed by atoms with van der Waals surface area (Å²) < 4.78 is 4.89. The normalized spacial score (nSPS) is 9.89. The van der Waals surface area contributed by atoms with Crippen LogP contribution in [0.5, 0.6) is 0 Å². The molecule has 104 valence electrons. The second-order valence-electron chi connectivity index (χ2n) is 3.63. The Kier molecular flexibility index (Phi) is 9.26. The van der Waals surface area contributed by atoms with E-state index >= 15 is 0 Å². The van der Waals surface area contributed by atoms with Crippen LogP contribution in [0.2, 0.25) is 0 Å². The summed E-state index contributed by atoms with van der Waals surface area (Å²) in [5.74, 6) is -0.144. The van der Waals surface area contributed by atoms with E-state index in [1.54, 1.807) is 13.2 Å². The van der Waals surface area contributed by atoms with Crippen molar-refractivity contribution < 1.29 is 9.53 Å². The van der Waals surface area contributed by atoms with Gasteiger partial charge in [0.2, 0.25) is 0 Å². The first-order valence-corrected chi connectivity index (χ1v) is 5.80. The van der Waals surface area contributed by atoms with Gasteiger partial charge in [-0.2, -0.15) is 5.10 Å². The lowest BCUT2D eigenvalue weighted by Gasteiger charge is -2.04. The maximum atomic E-state index is 11.6. The molecule has 1 aromatic heterocycles. The highest BCUT2D eigenvalue weighted by molar-refractivity contribution is 5.92. The summed E-state index contributed by atoms with van der Waals surface area (Å²) in [6.07, 6.45) is 0.846. The van der Waals surface area contributed by atoms with E-state index in [1.165, 1.54) is 0 Å². The van der Waals surface area contributed by atoms with E-state index in [2.05, 4.69) is 20.8 Å². The molecule has 0 aromatic carbocycles. The summed E-state index contributed by atoms with van der Waals surface area (Å²) in [7, 11) is 1.66. The Balaban J connectivity index is 0.00000289. The Labute approximate surface area is 113 Å². The van der Waals surface area contributed by atoms with E-state index in [4.69, 9.17) is 4.74 Å². The minimum absolute atomic E-state index is 0. The molecule has 0 aliphatic heterocycles. The second kappa shape index (κ2) is 9.87. The fourth-order valence-corrected chi connectivity index (χ4v) is 1.31. The van der Waals surface area contributed by atoms with Gasteiger partial charge in [0.15, 0.2) is 0 Å². The Bertz CT molecular complexity index is 344. The Hall–Kier alpha value is -1.11. The van der Waals surface area contributed by atoms with Gasteiger partial charge in [-0.15, -0.1) is 12.4 Å². The fraction of sp³-hybridized carbons (Fsp3) is 0.636. The van der Waals surface area contributed by atoms with E-state index in [0.29, 0.717) is 18.8 Å². The molecule has 1 aromatic rings. The number of ether oxygens (including phenoxy) is 1. The number of carbonyl (C=O) groups excluding carboxylic acids is 1. The zero-order valence-electron chi connectivity index (χ0n) is 10.8. The van der Waals surface area contributed by atoms with Gasteiger partial charge in [0, 0.05) is 32.4 Å². The third kappa shape index (κ3) is 6.00. The third-order valence-corrected chi connectivity index (χ3v) is 2.31. The minimum Gasteiger partial charge on any atom is -0.383 e. The van der Waals surface area contributed by atoms with E-state index in [0.717, 1.165) is 25.2 Å². The van der Waals surface area contributed by atoms with Gasteiger partial charge >= 0.3 is 0 Å². The molecule has 0 atom stereocenters. The number of aryl methyl sites for hydroxylation is 1. The fourth-order valence-electron chi connectivity index (χ4n) is 1.31. The van der Waals surface area contributed by atoms with Crippen molar-refractivity contribution in [2.75, 3.05) is 33.4 Å². The molecule has 1 amide bonds. The van der Waals surface area contributed by atoms with Crippen LogP contribution in [0.15, 0.2) is 6.07 Å². The van der Waals surface area contributed by atoms with Crippen molar-refractivity contribution in [3.8, 4) is 0 Å². The number of halogens is 1. The zero-order chi connectivity index (χ0) is 12.5. The molecular weight excluding hydrogens is 256 g/mol. The van der Waals surface area contributed by atoms with Crippen LogP contribution in [0, 0.1) is 0 Å². The molecule has 0 radical (unpaired) electrons. The lowest BCUT2D eigenvalue weighted by molar-refractivity contribution is 0.0948. The van der Waals surface area contributed by atoms with Gasteiger partial charge in [0.1, 0.15) is 5.69 Å². The van der Waals surface area contributed by atoms with Gasteiger partial charge in [0.25, 0.3) is 5.91 Å². The molecular formula is C11H21ClN4O2. The summed E-state index contributed by atoms with van der Waals surface area (Å²) in [6.45, 7) is 4.77. The molecule has 1 heterocycles. The van der Waals surface area contributed by atoms with Crippen molar-refractivity contribution in [1.29, 1.82) is 0 Å². The smallest absolute Gasteiger partial charge is 0.271 e. The number of hydrogen-bond acceptors (Lipinski definition) is 4. The topological polar surface area (TPSA) is 79.0 Å². The van der Waals surface area contributed by atoms with Crippen LogP contribution in [-0.2, 0) is 11.2 Å². The first kappa shape index (κ1) is 16.9. The van der Waals surface area contributed by atoms with Crippen LogP contribution < -0.4 is 10.6 Å². The molecule has 0 bridgehead atoms. The molecule has 0 unspecified atom stereocenters. The quantitative estimate of drug-likeness (QED) is 0.599. The van der Waals surface area contributed by atoms with E-state index in [9.17, 15) is 4.79 Å². The highest BCUT2D eigenvalue weighted by atomic mass is 35.5. The maximum absolute atomic E-state index is 11.6. The first-order chi connectivity index (χ1) is 8.27. The molecule has 0 aliphatic rings. The van der Waals surface area contributed by atoms with E-state index in [-0.39, 0.29) is 18.3 Å². The number of aromatic nitrogens is 2. The third-order valence-electron chi connectivity index (χ3n) is 2.31. The van der Waals surface area contributed by atoms with Crippen molar-refractivity contribution >= 4 is 18.3 Å². The number of nitrogens with zero attached hydrogens (tertiary/aromatic N) is 1. The van der Waals surface area contributed by atoms with Gasteiger partial charge in [0.05, 0.1) is 6.61 Å². The van der Waals surface area contributed by atoms with Crippen molar-refractivity contribution in [1.82, 2.24) is 20.8 Å². The van der Waals surface area contributed by atoms with Crippen LogP contribution in [-0.4, -0.2) is 49.5 Å². The van der Waals surface area contributed by atoms with Crippen LogP contribution in [0.3, 0.4) is 0 Å². The summed E-state index contributed by atoms with van der Waals surface area (Å²) in [5, 5.41) is 12.7. The van der Waals surface area contributed by atoms with Crippen molar-refractivity contribution in [2.24, 2.45) is 0 Å². The Morgan fingerprint density at radius 1 is 1.44 bits per heavy atom. The molecule has 18 heavy (non-hydrogen) atoms. The monoisotopic (exact) mass is 276 g/mol. The molecule has 7 heteroatoms. The molecule has 0 saturated heterocycles.